The molecule has 35 heavy (non-hydrogen) atoms. The maximum Gasteiger partial charge on any atom is 0.275 e. The summed E-state index contributed by atoms with van der Waals surface area (Å²) in [5, 5.41) is 23.4. The van der Waals surface area contributed by atoms with E-state index in [0.29, 0.717) is 21.7 Å². The zero-order valence-corrected chi connectivity index (χ0v) is 21.4. The molecule has 3 heterocycles. The highest BCUT2D eigenvalue weighted by Crippen LogP contribution is 2.29. The first kappa shape index (κ1) is 24.9. The second-order valence-electron chi connectivity index (χ2n) is 8.64. The Hall–Kier alpha value is -3.17. The molecule has 0 radical (unpaired) electrons. The maximum absolute atomic E-state index is 13.4. The van der Waals surface area contributed by atoms with Crippen LogP contribution in [-0.2, 0) is 17.8 Å². The topological polar surface area (TPSA) is 117 Å². The number of nitrogens with zero attached hydrogens (tertiary/aromatic N) is 4. The second kappa shape index (κ2) is 9.83. The van der Waals surface area contributed by atoms with Crippen molar-refractivity contribution in [1.29, 1.82) is 0 Å². The molecule has 2 amide bonds. The van der Waals surface area contributed by atoms with Crippen LogP contribution in [0.3, 0.4) is 0 Å². The van der Waals surface area contributed by atoms with Gasteiger partial charge in [-0.2, -0.15) is 0 Å². The van der Waals surface area contributed by atoms with Crippen LogP contribution in [0.2, 0.25) is 0 Å². The summed E-state index contributed by atoms with van der Waals surface area (Å²) < 4.78 is 14.9. The average molecular weight is 518 g/mol. The monoisotopic (exact) mass is 517 g/mol. The van der Waals surface area contributed by atoms with Crippen LogP contribution in [0.4, 0.5) is 4.39 Å². The van der Waals surface area contributed by atoms with Gasteiger partial charge in [0.2, 0.25) is 11.3 Å². The summed E-state index contributed by atoms with van der Waals surface area (Å²) in [6, 6.07) is 3.87. The summed E-state index contributed by atoms with van der Waals surface area (Å²) in [6.45, 7) is 5.58. The van der Waals surface area contributed by atoms with Crippen LogP contribution in [0, 0.1) is 5.82 Å². The zero-order chi connectivity index (χ0) is 25.4. The standard InChI is InChI=1S/C23H25FN5O4PS/c1-11(2)29-15(8-25-12(3)30)9-28-10-16(20(31)21(32)19(28)23(29)33)22-27-26-18(35-22)6-13-4-5-14(24)7-17(13)34/h4-5,7,10-11,15,32H,6,8-9,34H2,1-3H3,(H,25,30). The van der Waals surface area contributed by atoms with Gasteiger partial charge in [0.15, 0.2) is 16.5 Å². The molecule has 1 aliphatic rings. The number of carbonyl (C=O) groups is 2. The molecule has 2 atom stereocenters. The van der Waals surface area contributed by atoms with Crippen molar-refractivity contribution in [2.24, 2.45) is 0 Å². The fourth-order valence-corrected chi connectivity index (χ4v) is 5.40. The molecule has 0 saturated heterocycles. The lowest BCUT2D eigenvalue weighted by Crippen LogP contribution is -2.55. The largest absolute Gasteiger partial charge is 0.503 e. The number of hydrogen-bond acceptors (Lipinski definition) is 7. The van der Waals surface area contributed by atoms with Crippen LogP contribution in [0.25, 0.3) is 10.6 Å². The number of benzene rings is 1. The van der Waals surface area contributed by atoms with Crippen molar-refractivity contribution in [3.63, 3.8) is 0 Å². The third-order valence-electron chi connectivity index (χ3n) is 5.78. The van der Waals surface area contributed by atoms with E-state index in [1.165, 1.54) is 36.6 Å². The third-order valence-corrected chi connectivity index (χ3v) is 7.28. The second-order valence-corrected chi connectivity index (χ2v) is 10.3. The summed E-state index contributed by atoms with van der Waals surface area (Å²) in [5.41, 5.74) is 0.189. The molecule has 2 N–H and O–H groups in total. The van der Waals surface area contributed by atoms with Gasteiger partial charge in [0, 0.05) is 38.7 Å². The molecular weight excluding hydrogens is 492 g/mol. The minimum atomic E-state index is -0.704. The van der Waals surface area contributed by atoms with Crippen molar-refractivity contribution < 1.29 is 19.1 Å². The lowest BCUT2D eigenvalue weighted by molar-refractivity contribution is -0.119. The Morgan fingerprint density at radius 3 is 2.74 bits per heavy atom. The quantitative estimate of drug-likeness (QED) is 0.481. The van der Waals surface area contributed by atoms with Crippen molar-refractivity contribution in [2.45, 2.75) is 45.8 Å². The summed E-state index contributed by atoms with van der Waals surface area (Å²) in [7, 11) is 2.49. The summed E-state index contributed by atoms with van der Waals surface area (Å²) in [6.07, 6.45) is 1.91. The van der Waals surface area contributed by atoms with E-state index in [9.17, 15) is 23.9 Å². The molecule has 0 aliphatic carbocycles. The highest BCUT2D eigenvalue weighted by molar-refractivity contribution is 7.27. The van der Waals surface area contributed by atoms with Gasteiger partial charge in [0.05, 0.1) is 11.6 Å². The Morgan fingerprint density at radius 2 is 2.09 bits per heavy atom. The smallest absolute Gasteiger partial charge is 0.275 e. The Labute approximate surface area is 207 Å². The minimum absolute atomic E-state index is 0.0878. The van der Waals surface area contributed by atoms with Crippen molar-refractivity contribution in [1.82, 2.24) is 25.0 Å². The lowest BCUT2D eigenvalue weighted by Gasteiger charge is -2.40. The molecule has 1 aliphatic heterocycles. The number of halogens is 1. The first-order valence-corrected chi connectivity index (χ1v) is 12.4. The van der Waals surface area contributed by atoms with E-state index >= 15 is 0 Å². The van der Waals surface area contributed by atoms with Crippen molar-refractivity contribution in [2.75, 3.05) is 6.54 Å². The third kappa shape index (κ3) is 4.97. The Kier molecular flexibility index (Phi) is 7.00. The number of amides is 2. The SMILES string of the molecule is CC(=O)NCC1Cn2cc(-c3nnc(Cc4ccc(F)cc4P)s3)c(=O)c(O)c2C(=O)N1C(C)C. The molecule has 4 rings (SSSR count). The molecule has 0 saturated carbocycles. The van der Waals surface area contributed by atoms with Gasteiger partial charge in [-0.3, -0.25) is 14.4 Å². The van der Waals surface area contributed by atoms with E-state index in [-0.39, 0.29) is 48.2 Å². The van der Waals surface area contributed by atoms with Gasteiger partial charge in [-0.1, -0.05) is 17.4 Å². The first-order valence-electron chi connectivity index (χ1n) is 11.0. The van der Waals surface area contributed by atoms with E-state index in [2.05, 4.69) is 24.8 Å². The molecule has 9 nitrogen and oxygen atoms in total. The van der Waals surface area contributed by atoms with Crippen LogP contribution >= 0.6 is 20.6 Å². The minimum Gasteiger partial charge on any atom is -0.503 e. The molecule has 2 aromatic heterocycles. The lowest BCUT2D eigenvalue weighted by atomic mass is 10.1. The fraction of sp³-hybridized carbons (Fsp3) is 0.348. The van der Waals surface area contributed by atoms with Gasteiger partial charge in [-0.05, 0) is 36.8 Å². The molecule has 3 aromatic rings. The van der Waals surface area contributed by atoms with Gasteiger partial charge in [0.25, 0.3) is 5.91 Å². The highest BCUT2D eigenvalue weighted by Gasteiger charge is 2.37. The van der Waals surface area contributed by atoms with E-state index in [1.54, 1.807) is 15.5 Å². The first-order chi connectivity index (χ1) is 16.6. The van der Waals surface area contributed by atoms with Crippen molar-refractivity contribution >= 4 is 37.7 Å². The molecule has 184 valence electrons. The molecule has 12 heteroatoms. The Morgan fingerprint density at radius 1 is 1.34 bits per heavy atom. The Bertz CT molecular complexity index is 1370. The van der Waals surface area contributed by atoms with Crippen molar-refractivity contribution in [3.8, 4) is 16.3 Å². The number of aromatic nitrogens is 3. The van der Waals surface area contributed by atoms with Gasteiger partial charge in [-0.25, -0.2) is 4.39 Å². The van der Waals surface area contributed by atoms with Crippen LogP contribution < -0.4 is 16.1 Å². The molecule has 0 spiro atoms. The molecular formula is C23H25FN5O4PS. The van der Waals surface area contributed by atoms with Crippen LogP contribution in [0.1, 0.15) is 41.8 Å². The number of rotatable bonds is 6. The van der Waals surface area contributed by atoms with E-state index in [1.807, 2.05) is 13.8 Å². The fourth-order valence-electron chi connectivity index (χ4n) is 4.18. The predicted molar refractivity (Wildman–Crippen MR) is 134 cm³/mol. The van der Waals surface area contributed by atoms with Crippen LogP contribution in [0.15, 0.2) is 29.2 Å². The number of fused-ring (bicyclic) bond motifs is 1. The molecule has 2 unspecified atom stereocenters. The average Bonchev–Trinajstić information content (AvgIpc) is 3.24. The molecule has 1 aromatic carbocycles. The van der Waals surface area contributed by atoms with E-state index in [0.717, 1.165) is 5.56 Å². The number of nitrogens with one attached hydrogen (secondary N) is 1. The highest BCUT2D eigenvalue weighted by atomic mass is 32.1. The number of hydrogen-bond donors (Lipinski definition) is 2. The summed E-state index contributed by atoms with van der Waals surface area (Å²) >= 11 is 1.19. The predicted octanol–water partition coefficient (Wildman–Crippen LogP) is 1.67. The van der Waals surface area contributed by atoms with Crippen LogP contribution in [0.5, 0.6) is 5.75 Å². The van der Waals surface area contributed by atoms with Crippen molar-refractivity contribution in [3.05, 3.63) is 56.7 Å². The van der Waals surface area contributed by atoms with Crippen LogP contribution in [-0.4, -0.2) is 55.2 Å². The zero-order valence-electron chi connectivity index (χ0n) is 19.4. The van der Waals surface area contributed by atoms with Gasteiger partial charge in [0.1, 0.15) is 10.8 Å². The number of carbonyl (C=O) groups excluding carboxylic acids is 2. The van der Waals surface area contributed by atoms with E-state index in [4.69, 9.17) is 0 Å². The van der Waals surface area contributed by atoms with Gasteiger partial charge in [-0.15, -0.1) is 19.4 Å². The molecule has 0 fully saturated rings. The summed E-state index contributed by atoms with van der Waals surface area (Å²) in [4.78, 5) is 39.3. The number of pyridine rings is 1. The van der Waals surface area contributed by atoms with E-state index < -0.39 is 17.1 Å². The normalized spacial score (nSPS) is 15.4. The summed E-state index contributed by atoms with van der Waals surface area (Å²) in [5.74, 6) is -1.67. The van der Waals surface area contributed by atoms with Gasteiger partial charge < -0.3 is 19.9 Å². The van der Waals surface area contributed by atoms with Gasteiger partial charge >= 0.3 is 0 Å². The maximum atomic E-state index is 13.4. The Balaban J connectivity index is 1.70. The molecule has 0 bridgehead atoms. The number of aromatic hydroxyl groups is 1.